The standard InChI is InChI=1S/C9H18N4O2S/c1-3-8-11-6-9(13-8)16(14,15)12-5-7(2)4-10/h6-7,12H,3-5,10H2,1-2H3,(H,11,13). The van der Waals surface area contributed by atoms with Crippen LogP contribution < -0.4 is 10.5 Å². The van der Waals surface area contributed by atoms with Crippen molar-refractivity contribution in [3.63, 3.8) is 0 Å². The van der Waals surface area contributed by atoms with Crippen LogP contribution in [0.15, 0.2) is 11.2 Å². The maximum Gasteiger partial charge on any atom is 0.257 e. The van der Waals surface area contributed by atoms with Crippen LogP contribution in [-0.2, 0) is 16.4 Å². The van der Waals surface area contributed by atoms with Crippen LogP contribution in [0.5, 0.6) is 0 Å². The summed E-state index contributed by atoms with van der Waals surface area (Å²) in [6.45, 7) is 4.57. The molecule has 1 rings (SSSR count). The summed E-state index contributed by atoms with van der Waals surface area (Å²) >= 11 is 0. The summed E-state index contributed by atoms with van der Waals surface area (Å²) in [5.74, 6) is 0.774. The van der Waals surface area contributed by atoms with E-state index in [0.29, 0.717) is 25.3 Å². The number of sulfonamides is 1. The van der Waals surface area contributed by atoms with E-state index in [1.807, 2.05) is 13.8 Å². The third-order valence-corrected chi connectivity index (χ3v) is 3.59. The van der Waals surface area contributed by atoms with Gasteiger partial charge in [-0.15, -0.1) is 0 Å². The monoisotopic (exact) mass is 246 g/mol. The molecule has 0 aliphatic heterocycles. The van der Waals surface area contributed by atoms with E-state index in [9.17, 15) is 8.42 Å². The minimum Gasteiger partial charge on any atom is -0.332 e. The fourth-order valence-corrected chi connectivity index (χ4v) is 2.18. The van der Waals surface area contributed by atoms with Crippen LogP contribution in [0.25, 0.3) is 0 Å². The van der Waals surface area contributed by atoms with Crippen molar-refractivity contribution in [2.75, 3.05) is 13.1 Å². The number of hydrogen-bond donors (Lipinski definition) is 3. The molecule has 1 aromatic heterocycles. The number of nitrogens with two attached hydrogens (primary N) is 1. The van der Waals surface area contributed by atoms with Crippen LogP contribution in [0, 0.1) is 5.92 Å². The molecule has 1 unspecified atom stereocenters. The summed E-state index contributed by atoms with van der Waals surface area (Å²) in [5, 5.41) is 0.105. The van der Waals surface area contributed by atoms with Gasteiger partial charge in [0.2, 0.25) is 0 Å². The second-order valence-electron chi connectivity index (χ2n) is 3.74. The van der Waals surface area contributed by atoms with Gasteiger partial charge < -0.3 is 10.7 Å². The van der Waals surface area contributed by atoms with Crippen LogP contribution >= 0.6 is 0 Å². The van der Waals surface area contributed by atoms with Gasteiger partial charge in [0.05, 0.1) is 6.20 Å². The minimum atomic E-state index is -3.48. The molecule has 4 N–H and O–H groups in total. The van der Waals surface area contributed by atoms with Crippen LogP contribution in [0.4, 0.5) is 0 Å². The largest absolute Gasteiger partial charge is 0.332 e. The van der Waals surface area contributed by atoms with Crippen molar-refractivity contribution in [1.82, 2.24) is 14.7 Å². The third kappa shape index (κ3) is 3.29. The van der Waals surface area contributed by atoms with E-state index in [4.69, 9.17) is 5.73 Å². The highest BCUT2D eigenvalue weighted by atomic mass is 32.2. The van der Waals surface area contributed by atoms with Crippen molar-refractivity contribution in [3.8, 4) is 0 Å². The van der Waals surface area contributed by atoms with Crippen LogP contribution in [-0.4, -0.2) is 31.5 Å². The van der Waals surface area contributed by atoms with E-state index in [0.717, 1.165) is 0 Å². The zero-order valence-corrected chi connectivity index (χ0v) is 10.3. The Morgan fingerprint density at radius 1 is 1.62 bits per heavy atom. The fourth-order valence-electron chi connectivity index (χ4n) is 1.07. The van der Waals surface area contributed by atoms with Crippen LogP contribution in [0.3, 0.4) is 0 Å². The van der Waals surface area contributed by atoms with E-state index in [-0.39, 0.29) is 10.9 Å². The molecule has 7 heteroatoms. The highest BCUT2D eigenvalue weighted by Gasteiger charge is 2.17. The number of H-pyrrole nitrogens is 1. The number of rotatable bonds is 6. The molecule has 1 atom stereocenters. The van der Waals surface area contributed by atoms with Gasteiger partial charge in [-0.05, 0) is 12.5 Å². The Morgan fingerprint density at radius 2 is 2.31 bits per heavy atom. The molecule has 6 nitrogen and oxygen atoms in total. The van der Waals surface area contributed by atoms with Crippen molar-refractivity contribution in [1.29, 1.82) is 0 Å². The first-order valence-electron chi connectivity index (χ1n) is 5.23. The zero-order chi connectivity index (χ0) is 12.2. The predicted octanol–water partition coefficient (Wildman–Crippen LogP) is -0.155. The SMILES string of the molecule is CCc1ncc(S(=O)(=O)NCC(C)CN)[nH]1. The Bertz CT molecular complexity index is 426. The smallest absolute Gasteiger partial charge is 0.257 e. The number of nitrogens with one attached hydrogen (secondary N) is 2. The van der Waals surface area contributed by atoms with Gasteiger partial charge in [-0.2, -0.15) is 0 Å². The highest BCUT2D eigenvalue weighted by Crippen LogP contribution is 2.06. The van der Waals surface area contributed by atoms with E-state index >= 15 is 0 Å². The van der Waals surface area contributed by atoms with Gasteiger partial charge in [0.25, 0.3) is 10.0 Å². The third-order valence-electron chi connectivity index (χ3n) is 2.25. The maximum atomic E-state index is 11.8. The number of imidazole rings is 1. The van der Waals surface area contributed by atoms with Gasteiger partial charge in [0.15, 0.2) is 5.03 Å². The molecule has 1 aromatic rings. The Morgan fingerprint density at radius 3 is 2.81 bits per heavy atom. The highest BCUT2D eigenvalue weighted by molar-refractivity contribution is 7.89. The van der Waals surface area contributed by atoms with Gasteiger partial charge in [0.1, 0.15) is 5.82 Å². The lowest BCUT2D eigenvalue weighted by Gasteiger charge is -2.09. The summed E-state index contributed by atoms with van der Waals surface area (Å²) < 4.78 is 26.0. The molecular weight excluding hydrogens is 228 g/mol. The summed E-state index contributed by atoms with van der Waals surface area (Å²) in [7, 11) is -3.48. The minimum absolute atomic E-state index is 0.105. The van der Waals surface area contributed by atoms with E-state index in [1.54, 1.807) is 0 Å². The second kappa shape index (κ2) is 5.42. The first kappa shape index (κ1) is 13.1. The Kier molecular flexibility index (Phi) is 4.45. The quantitative estimate of drug-likeness (QED) is 0.649. The summed E-state index contributed by atoms with van der Waals surface area (Å²) in [5.41, 5.74) is 5.41. The van der Waals surface area contributed by atoms with Crippen LogP contribution in [0.2, 0.25) is 0 Å². The molecular formula is C9H18N4O2S. The van der Waals surface area contributed by atoms with Gasteiger partial charge >= 0.3 is 0 Å². The first-order chi connectivity index (χ1) is 7.49. The zero-order valence-electron chi connectivity index (χ0n) is 9.53. The normalized spacial score (nSPS) is 13.9. The number of nitrogens with zero attached hydrogens (tertiary/aromatic N) is 1. The van der Waals surface area contributed by atoms with Crippen molar-refractivity contribution < 1.29 is 8.42 Å². The average Bonchev–Trinajstić information content (AvgIpc) is 2.75. The molecule has 0 aliphatic carbocycles. The van der Waals surface area contributed by atoms with Crippen molar-refractivity contribution in [3.05, 3.63) is 12.0 Å². The molecule has 0 radical (unpaired) electrons. The molecule has 0 spiro atoms. The maximum absolute atomic E-state index is 11.8. The second-order valence-corrected chi connectivity index (χ2v) is 5.48. The first-order valence-corrected chi connectivity index (χ1v) is 6.71. The molecule has 0 amide bonds. The van der Waals surface area contributed by atoms with E-state index < -0.39 is 10.0 Å². The number of hydrogen-bond acceptors (Lipinski definition) is 4. The molecule has 16 heavy (non-hydrogen) atoms. The lowest BCUT2D eigenvalue weighted by atomic mass is 10.2. The van der Waals surface area contributed by atoms with Gasteiger partial charge in [-0.1, -0.05) is 13.8 Å². The topological polar surface area (TPSA) is 101 Å². The lowest BCUT2D eigenvalue weighted by Crippen LogP contribution is -2.31. The summed E-state index contributed by atoms with van der Waals surface area (Å²) in [4.78, 5) is 6.70. The van der Waals surface area contributed by atoms with Crippen molar-refractivity contribution in [2.24, 2.45) is 11.7 Å². The Hall–Kier alpha value is -0.920. The van der Waals surface area contributed by atoms with Gasteiger partial charge in [0, 0.05) is 13.0 Å². The van der Waals surface area contributed by atoms with Crippen molar-refractivity contribution in [2.45, 2.75) is 25.3 Å². The number of aromatic nitrogens is 2. The van der Waals surface area contributed by atoms with E-state index in [2.05, 4.69) is 14.7 Å². The molecule has 0 aromatic carbocycles. The summed E-state index contributed by atoms with van der Waals surface area (Å²) in [6.07, 6.45) is 2.00. The average molecular weight is 246 g/mol. The Balaban J connectivity index is 2.70. The number of aryl methyl sites for hydroxylation is 1. The fraction of sp³-hybridized carbons (Fsp3) is 0.667. The molecule has 0 saturated carbocycles. The molecule has 0 fully saturated rings. The molecule has 1 heterocycles. The van der Waals surface area contributed by atoms with Gasteiger partial charge in [-0.3, -0.25) is 0 Å². The predicted molar refractivity (Wildman–Crippen MR) is 61.4 cm³/mol. The van der Waals surface area contributed by atoms with E-state index in [1.165, 1.54) is 6.20 Å². The lowest BCUT2D eigenvalue weighted by molar-refractivity contribution is 0.543. The molecule has 92 valence electrons. The number of aromatic amines is 1. The molecule has 0 saturated heterocycles. The summed E-state index contributed by atoms with van der Waals surface area (Å²) in [6, 6.07) is 0. The van der Waals surface area contributed by atoms with Crippen LogP contribution in [0.1, 0.15) is 19.7 Å². The van der Waals surface area contributed by atoms with Gasteiger partial charge in [-0.25, -0.2) is 18.1 Å². The Labute approximate surface area is 95.7 Å². The van der Waals surface area contributed by atoms with Crippen molar-refractivity contribution >= 4 is 10.0 Å². The molecule has 0 aliphatic rings. The molecule has 0 bridgehead atoms.